The summed E-state index contributed by atoms with van der Waals surface area (Å²) in [4.78, 5) is 31.7. The molecule has 0 spiro atoms. The molecule has 6 nitrogen and oxygen atoms in total. The second-order valence-electron chi connectivity index (χ2n) is 6.09. The van der Waals surface area contributed by atoms with Crippen LogP contribution in [0, 0.1) is 0 Å². The van der Waals surface area contributed by atoms with Crippen molar-refractivity contribution in [3.05, 3.63) is 50.8 Å². The van der Waals surface area contributed by atoms with Gasteiger partial charge in [0, 0.05) is 11.3 Å². The van der Waals surface area contributed by atoms with Crippen LogP contribution in [0.1, 0.15) is 43.4 Å². The summed E-state index contributed by atoms with van der Waals surface area (Å²) < 4.78 is 1.44. The molecule has 3 aromatic rings. The molecule has 0 aliphatic heterocycles. The summed E-state index contributed by atoms with van der Waals surface area (Å²) in [6, 6.07) is 7.13. The second kappa shape index (κ2) is 6.60. The van der Waals surface area contributed by atoms with Crippen molar-refractivity contribution in [3.63, 3.8) is 0 Å². The lowest BCUT2D eigenvalue weighted by Gasteiger charge is -2.12. The molecule has 2 N–H and O–H groups in total. The quantitative estimate of drug-likeness (QED) is 0.747. The van der Waals surface area contributed by atoms with Crippen LogP contribution < -0.4 is 11.0 Å². The van der Waals surface area contributed by atoms with E-state index >= 15 is 0 Å². The number of imidazole rings is 1. The van der Waals surface area contributed by atoms with Crippen molar-refractivity contribution in [1.82, 2.24) is 19.9 Å². The number of nitrogens with zero attached hydrogens (tertiary/aromatic N) is 2. The first kappa shape index (κ1) is 16.4. The van der Waals surface area contributed by atoms with Gasteiger partial charge in [-0.1, -0.05) is 26.0 Å². The van der Waals surface area contributed by atoms with Crippen molar-refractivity contribution < 1.29 is 4.79 Å². The van der Waals surface area contributed by atoms with Crippen molar-refractivity contribution in [2.24, 2.45) is 0 Å². The molecule has 0 bridgehead atoms. The van der Waals surface area contributed by atoms with E-state index in [0.717, 1.165) is 21.7 Å². The number of carbonyl (C=O) groups is 1. The Balaban J connectivity index is 1.72. The summed E-state index contributed by atoms with van der Waals surface area (Å²) >= 11 is 1.60. The number of nitrogens with one attached hydrogen (secondary N) is 2. The molecule has 7 heteroatoms. The monoisotopic (exact) mass is 344 g/mol. The molecule has 2 heterocycles. The number of aromatic amines is 1. The molecule has 2 aromatic heterocycles. The predicted molar refractivity (Wildman–Crippen MR) is 95.3 cm³/mol. The first-order chi connectivity index (χ1) is 11.5. The highest BCUT2D eigenvalue weighted by atomic mass is 32.1. The van der Waals surface area contributed by atoms with Gasteiger partial charge in [0.2, 0.25) is 5.91 Å². The van der Waals surface area contributed by atoms with Gasteiger partial charge in [-0.25, -0.2) is 9.78 Å². The van der Waals surface area contributed by atoms with Crippen LogP contribution in [0.2, 0.25) is 0 Å². The number of para-hydroxylation sites is 2. The van der Waals surface area contributed by atoms with E-state index in [-0.39, 0.29) is 24.2 Å². The normalized spacial score (nSPS) is 12.7. The van der Waals surface area contributed by atoms with Gasteiger partial charge in [-0.2, -0.15) is 0 Å². The van der Waals surface area contributed by atoms with Crippen LogP contribution in [0.3, 0.4) is 0 Å². The summed E-state index contributed by atoms with van der Waals surface area (Å²) in [5.41, 5.74) is 2.02. The van der Waals surface area contributed by atoms with E-state index in [1.165, 1.54) is 4.57 Å². The zero-order valence-electron chi connectivity index (χ0n) is 13.9. The summed E-state index contributed by atoms with van der Waals surface area (Å²) in [7, 11) is 0. The minimum absolute atomic E-state index is 0.0195. The Labute approximate surface area is 143 Å². The molecule has 126 valence electrons. The number of hydrogen-bond acceptors (Lipinski definition) is 4. The molecule has 0 fully saturated rings. The molecule has 1 aromatic carbocycles. The zero-order chi connectivity index (χ0) is 17.3. The van der Waals surface area contributed by atoms with Crippen LogP contribution in [-0.2, 0) is 11.3 Å². The van der Waals surface area contributed by atoms with E-state index in [2.05, 4.69) is 29.1 Å². The molecule has 3 rings (SSSR count). The number of aromatic nitrogens is 3. The maximum atomic E-state index is 12.3. The lowest BCUT2D eigenvalue weighted by atomic mass is 10.2. The fourth-order valence-corrected chi connectivity index (χ4v) is 3.46. The average Bonchev–Trinajstić information content (AvgIpc) is 3.13. The number of rotatable bonds is 5. The zero-order valence-corrected chi connectivity index (χ0v) is 14.7. The standard InChI is InChI=1S/C17H20N4O2S/c1-10(2)16-19-13(9-24-16)11(3)18-15(22)8-21-14-7-5-4-6-12(14)20-17(21)23/h4-7,9-11H,8H2,1-3H3,(H,18,22)(H,20,23)/t11-/m0/s1. The van der Waals surface area contributed by atoms with Gasteiger partial charge in [0.05, 0.1) is 27.8 Å². The molecule has 0 aliphatic rings. The third-order valence-corrected chi connectivity index (χ3v) is 5.00. The van der Waals surface area contributed by atoms with Crippen LogP contribution in [0.15, 0.2) is 34.4 Å². The SMILES string of the molecule is CC(C)c1nc([C@H](C)NC(=O)Cn2c(=O)[nH]c3ccccc32)cs1. The van der Waals surface area contributed by atoms with Gasteiger partial charge in [0.25, 0.3) is 0 Å². The summed E-state index contributed by atoms with van der Waals surface area (Å²) in [6.45, 7) is 6.06. The van der Waals surface area contributed by atoms with Crippen LogP contribution >= 0.6 is 11.3 Å². The first-order valence-electron chi connectivity index (χ1n) is 7.88. The smallest absolute Gasteiger partial charge is 0.326 e. The maximum Gasteiger partial charge on any atom is 0.326 e. The van der Waals surface area contributed by atoms with Crippen LogP contribution in [0.4, 0.5) is 0 Å². The Kier molecular flexibility index (Phi) is 4.53. The van der Waals surface area contributed by atoms with Crippen molar-refractivity contribution >= 4 is 28.3 Å². The lowest BCUT2D eigenvalue weighted by Crippen LogP contribution is -2.33. The van der Waals surface area contributed by atoms with Crippen LogP contribution in [0.5, 0.6) is 0 Å². The second-order valence-corrected chi connectivity index (χ2v) is 6.98. The van der Waals surface area contributed by atoms with E-state index in [4.69, 9.17) is 0 Å². The Morgan fingerprint density at radius 1 is 1.33 bits per heavy atom. The fraction of sp³-hybridized carbons (Fsp3) is 0.353. The van der Waals surface area contributed by atoms with Gasteiger partial charge >= 0.3 is 5.69 Å². The summed E-state index contributed by atoms with van der Waals surface area (Å²) in [5, 5.41) is 5.94. The largest absolute Gasteiger partial charge is 0.346 e. The Bertz CT molecular complexity index is 922. The third kappa shape index (κ3) is 3.26. The minimum atomic E-state index is -0.283. The Morgan fingerprint density at radius 2 is 2.08 bits per heavy atom. The molecular weight excluding hydrogens is 324 g/mol. The number of amides is 1. The number of thiazole rings is 1. The van der Waals surface area contributed by atoms with Crippen molar-refractivity contribution in [2.75, 3.05) is 0 Å². The summed E-state index contributed by atoms with van der Waals surface area (Å²) in [6.07, 6.45) is 0. The van der Waals surface area contributed by atoms with E-state index < -0.39 is 0 Å². The third-order valence-electron chi connectivity index (χ3n) is 3.84. The van der Waals surface area contributed by atoms with E-state index in [0.29, 0.717) is 5.92 Å². The topological polar surface area (TPSA) is 79.8 Å². The minimum Gasteiger partial charge on any atom is -0.346 e. The molecule has 0 saturated heterocycles. The van der Waals surface area contributed by atoms with Gasteiger partial charge in [0.1, 0.15) is 6.54 Å². The highest BCUT2D eigenvalue weighted by Gasteiger charge is 2.16. The van der Waals surface area contributed by atoms with E-state index in [1.807, 2.05) is 36.6 Å². The van der Waals surface area contributed by atoms with Crippen molar-refractivity contribution in [1.29, 1.82) is 0 Å². The lowest BCUT2D eigenvalue weighted by molar-refractivity contribution is -0.122. The van der Waals surface area contributed by atoms with Crippen molar-refractivity contribution in [3.8, 4) is 0 Å². The molecule has 1 atom stereocenters. The van der Waals surface area contributed by atoms with Gasteiger partial charge in [-0.15, -0.1) is 11.3 Å². The maximum absolute atomic E-state index is 12.3. The van der Waals surface area contributed by atoms with E-state index in [9.17, 15) is 9.59 Å². The highest BCUT2D eigenvalue weighted by Crippen LogP contribution is 2.22. The van der Waals surface area contributed by atoms with Gasteiger partial charge in [-0.3, -0.25) is 9.36 Å². The predicted octanol–water partition coefficient (Wildman–Crippen LogP) is 2.79. The van der Waals surface area contributed by atoms with Gasteiger partial charge in [-0.05, 0) is 19.1 Å². The van der Waals surface area contributed by atoms with Crippen LogP contribution in [0.25, 0.3) is 11.0 Å². The first-order valence-corrected chi connectivity index (χ1v) is 8.76. The number of benzene rings is 1. The molecule has 1 amide bonds. The van der Waals surface area contributed by atoms with Gasteiger partial charge < -0.3 is 10.3 Å². The molecule has 0 radical (unpaired) electrons. The van der Waals surface area contributed by atoms with Gasteiger partial charge in [0.15, 0.2) is 0 Å². The van der Waals surface area contributed by atoms with Crippen molar-refractivity contribution in [2.45, 2.75) is 39.3 Å². The number of H-pyrrole nitrogens is 1. The van der Waals surface area contributed by atoms with Crippen LogP contribution in [-0.4, -0.2) is 20.4 Å². The molecule has 24 heavy (non-hydrogen) atoms. The molecular formula is C17H20N4O2S. The Hall–Kier alpha value is -2.41. The number of hydrogen-bond donors (Lipinski definition) is 2. The number of fused-ring (bicyclic) bond motifs is 1. The fourth-order valence-electron chi connectivity index (χ4n) is 2.53. The van der Waals surface area contributed by atoms with E-state index in [1.54, 1.807) is 11.3 Å². The molecule has 0 aliphatic carbocycles. The highest BCUT2D eigenvalue weighted by molar-refractivity contribution is 7.09. The molecule has 0 saturated carbocycles. The molecule has 0 unspecified atom stereocenters. The number of carbonyl (C=O) groups excluding carboxylic acids is 1. The average molecular weight is 344 g/mol. The summed E-state index contributed by atoms with van der Waals surface area (Å²) in [5.74, 6) is 0.157. The Morgan fingerprint density at radius 3 is 2.79 bits per heavy atom.